The molecule has 5 nitrogen and oxygen atoms in total. The molecule has 0 aliphatic heterocycles. The van der Waals surface area contributed by atoms with Gasteiger partial charge in [-0.1, -0.05) is 36.2 Å². The SMILES string of the molecule is Cc1cc(C(C(C)c2ccc(Oc3ncc(C(=O)O)cc3Cl)cc2Cl)C(F)(F)F)sc1C#N. The van der Waals surface area contributed by atoms with E-state index in [9.17, 15) is 18.0 Å². The molecule has 1 N–H and O–H groups in total. The molecule has 3 aromatic rings. The first kappa shape index (κ1) is 24.8. The van der Waals surface area contributed by atoms with Gasteiger partial charge in [0, 0.05) is 16.1 Å². The van der Waals surface area contributed by atoms with Gasteiger partial charge >= 0.3 is 12.1 Å². The molecule has 0 amide bonds. The van der Waals surface area contributed by atoms with Crippen LogP contribution in [0.15, 0.2) is 36.5 Å². The Labute approximate surface area is 201 Å². The van der Waals surface area contributed by atoms with Gasteiger partial charge in [-0.05, 0) is 48.2 Å². The number of benzene rings is 1. The van der Waals surface area contributed by atoms with Crippen LogP contribution < -0.4 is 4.74 Å². The minimum atomic E-state index is -4.56. The Morgan fingerprint density at radius 3 is 2.45 bits per heavy atom. The smallest absolute Gasteiger partial charge is 0.397 e. The standard InChI is InChI=1S/C22H15Cl2F3N2O3S/c1-10-5-17(33-18(10)8-28)19(22(25,26)27)11(2)14-4-3-13(7-15(14)23)32-20-16(24)6-12(9-29-20)21(30)31/h3-7,9,11,19H,1-2H3,(H,30,31). The number of carbonyl (C=O) groups is 1. The van der Waals surface area contributed by atoms with Gasteiger partial charge in [0.25, 0.3) is 0 Å². The number of nitrogens with zero attached hydrogens (tertiary/aromatic N) is 2. The number of hydrogen-bond donors (Lipinski definition) is 1. The molecule has 0 saturated heterocycles. The van der Waals surface area contributed by atoms with Crippen LogP contribution in [0, 0.1) is 18.3 Å². The van der Waals surface area contributed by atoms with Crippen molar-refractivity contribution in [2.75, 3.05) is 0 Å². The lowest BCUT2D eigenvalue weighted by atomic mass is 9.85. The number of carboxylic acid groups (broad SMARTS) is 1. The quantitative estimate of drug-likeness (QED) is 0.366. The number of ether oxygens (including phenoxy) is 1. The molecule has 0 aliphatic rings. The Morgan fingerprint density at radius 1 is 1.24 bits per heavy atom. The second-order valence-electron chi connectivity index (χ2n) is 7.18. The summed E-state index contributed by atoms with van der Waals surface area (Å²) in [6, 6.07) is 8.65. The number of thiophene rings is 1. The summed E-state index contributed by atoms with van der Waals surface area (Å²) in [6.07, 6.45) is -3.50. The predicted octanol–water partition coefficient (Wildman–Crippen LogP) is 7.57. The van der Waals surface area contributed by atoms with Gasteiger partial charge in [0.1, 0.15) is 21.7 Å². The number of aromatic nitrogens is 1. The Morgan fingerprint density at radius 2 is 1.94 bits per heavy atom. The lowest BCUT2D eigenvalue weighted by Crippen LogP contribution is -2.25. The van der Waals surface area contributed by atoms with Crippen LogP contribution in [0.25, 0.3) is 0 Å². The van der Waals surface area contributed by atoms with Gasteiger partial charge < -0.3 is 9.84 Å². The van der Waals surface area contributed by atoms with Crippen molar-refractivity contribution in [2.45, 2.75) is 31.9 Å². The fourth-order valence-electron chi connectivity index (χ4n) is 3.31. The summed E-state index contributed by atoms with van der Waals surface area (Å²) in [5, 5.41) is 18.1. The topological polar surface area (TPSA) is 83.2 Å². The lowest BCUT2D eigenvalue weighted by Gasteiger charge is -2.26. The first-order chi connectivity index (χ1) is 15.4. The van der Waals surface area contributed by atoms with Gasteiger partial charge in [-0.2, -0.15) is 18.4 Å². The zero-order chi connectivity index (χ0) is 24.5. The highest BCUT2D eigenvalue weighted by molar-refractivity contribution is 7.12. The molecule has 2 atom stereocenters. The van der Waals surface area contributed by atoms with Crippen LogP contribution in [0.4, 0.5) is 13.2 Å². The zero-order valence-corrected chi connectivity index (χ0v) is 19.4. The summed E-state index contributed by atoms with van der Waals surface area (Å²) in [7, 11) is 0. The van der Waals surface area contributed by atoms with E-state index >= 15 is 0 Å². The number of pyridine rings is 1. The summed E-state index contributed by atoms with van der Waals surface area (Å²) >= 11 is 13.1. The first-order valence-electron chi connectivity index (χ1n) is 9.35. The van der Waals surface area contributed by atoms with E-state index in [1.54, 1.807) is 6.92 Å². The molecule has 1 aromatic carbocycles. The van der Waals surface area contributed by atoms with E-state index < -0.39 is 24.0 Å². The molecule has 33 heavy (non-hydrogen) atoms. The van der Waals surface area contributed by atoms with Crippen LogP contribution in [0.2, 0.25) is 10.0 Å². The average Bonchev–Trinajstić information content (AvgIpc) is 3.08. The molecule has 0 spiro atoms. The molecule has 2 aromatic heterocycles. The molecule has 172 valence electrons. The number of hydrogen-bond acceptors (Lipinski definition) is 5. The number of alkyl halides is 3. The molecule has 3 rings (SSSR count). The summed E-state index contributed by atoms with van der Waals surface area (Å²) < 4.78 is 47.6. The minimum absolute atomic E-state index is 0.0370. The Kier molecular flexibility index (Phi) is 7.22. The summed E-state index contributed by atoms with van der Waals surface area (Å²) in [6.45, 7) is 3.02. The zero-order valence-electron chi connectivity index (χ0n) is 17.1. The first-order valence-corrected chi connectivity index (χ1v) is 10.9. The Hall–Kier alpha value is -2.80. The van der Waals surface area contributed by atoms with Crippen molar-refractivity contribution in [2.24, 2.45) is 0 Å². The monoisotopic (exact) mass is 514 g/mol. The van der Waals surface area contributed by atoms with E-state index in [4.69, 9.17) is 38.3 Å². The Balaban J connectivity index is 1.91. The molecule has 0 fully saturated rings. The minimum Gasteiger partial charge on any atom is -0.478 e. The number of halogens is 5. The van der Waals surface area contributed by atoms with Gasteiger partial charge in [-0.25, -0.2) is 9.78 Å². The molecule has 0 saturated carbocycles. The van der Waals surface area contributed by atoms with Crippen molar-refractivity contribution in [3.63, 3.8) is 0 Å². The molecular weight excluding hydrogens is 500 g/mol. The summed E-state index contributed by atoms with van der Waals surface area (Å²) in [5.74, 6) is -4.03. The van der Waals surface area contributed by atoms with Crippen molar-refractivity contribution in [3.05, 3.63) is 73.0 Å². The van der Waals surface area contributed by atoms with E-state index in [0.29, 0.717) is 5.56 Å². The number of aromatic carboxylic acids is 1. The fraction of sp³-hybridized carbons (Fsp3) is 0.227. The van der Waals surface area contributed by atoms with E-state index in [1.165, 1.54) is 31.2 Å². The van der Waals surface area contributed by atoms with Crippen molar-refractivity contribution in [3.8, 4) is 17.7 Å². The van der Waals surface area contributed by atoms with Gasteiger partial charge in [0.05, 0.1) is 11.5 Å². The maximum atomic E-state index is 14.0. The van der Waals surface area contributed by atoms with Crippen molar-refractivity contribution in [1.29, 1.82) is 5.26 Å². The third-order valence-electron chi connectivity index (χ3n) is 4.93. The van der Waals surface area contributed by atoms with Crippen LogP contribution >= 0.6 is 34.5 Å². The third kappa shape index (κ3) is 5.41. The number of carboxylic acids is 1. The maximum absolute atomic E-state index is 14.0. The largest absolute Gasteiger partial charge is 0.478 e. The maximum Gasteiger partial charge on any atom is 0.397 e. The molecule has 0 aliphatic carbocycles. The van der Waals surface area contributed by atoms with Crippen molar-refractivity contribution < 1.29 is 27.8 Å². The molecule has 0 radical (unpaired) electrons. The van der Waals surface area contributed by atoms with Crippen LogP contribution in [0.3, 0.4) is 0 Å². The van der Waals surface area contributed by atoms with E-state index in [-0.39, 0.29) is 42.6 Å². The normalized spacial score (nSPS) is 13.3. The number of nitriles is 1. The van der Waals surface area contributed by atoms with E-state index in [1.807, 2.05) is 6.07 Å². The van der Waals surface area contributed by atoms with Crippen LogP contribution in [0.1, 0.15) is 50.0 Å². The van der Waals surface area contributed by atoms with E-state index in [0.717, 1.165) is 23.6 Å². The van der Waals surface area contributed by atoms with Gasteiger partial charge in [-0.3, -0.25) is 0 Å². The summed E-state index contributed by atoms with van der Waals surface area (Å²) in [5.41, 5.74) is 0.611. The molecule has 0 bridgehead atoms. The van der Waals surface area contributed by atoms with Crippen LogP contribution in [0.5, 0.6) is 11.6 Å². The van der Waals surface area contributed by atoms with Gasteiger partial charge in [0.2, 0.25) is 5.88 Å². The molecule has 11 heteroatoms. The van der Waals surface area contributed by atoms with Crippen molar-refractivity contribution in [1.82, 2.24) is 4.98 Å². The van der Waals surface area contributed by atoms with E-state index in [2.05, 4.69) is 4.98 Å². The lowest BCUT2D eigenvalue weighted by molar-refractivity contribution is -0.154. The third-order valence-corrected chi connectivity index (χ3v) is 6.75. The second kappa shape index (κ2) is 9.59. The predicted molar refractivity (Wildman–Crippen MR) is 119 cm³/mol. The van der Waals surface area contributed by atoms with Crippen LogP contribution in [-0.4, -0.2) is 22.2 Å². The molecule has 2 heterocycles. The highest BCUT2D eigenvalue weighted by atomic mass is 35.5. The number of aryl methyl sites for hydroxylation is 1. The highest BCUT2D eigenvalue weighted by Gasteiger charge is 2.46. The van der Waals surface area contributed by atoms with Crippen LogP contribution in [-0.2, 0) is 0 Å². The van der Waals surface area contributed by atoms with Gasteiger partial charge in [-0.15, -0.1) is 11.3 Å². The fourth-order valence-corrected chi connectivity index (χ4v) is 5.06. The molecular formula is C22H15Cl2F3N2O3S. The van der Waals surface area contributed by atoms with Gasteiger partial charge in [0.15, 0.2) is 0 Å². The second-order valence-corrected chi connectivity index (χ2v) is 9.08. The highest BCUT2D eigenvalue weighted by Crippen LogP contribution is 2.49. The summed E-state index contributed by atoms with van der Waals surface area (Å²) in [4.78, 5) is 15.1. The average molecular weight is 515 g/mol. The van der Waals surface area contributed by atoms with Crippen molar-refractivity contribution >= 4 is 40.5 Å². The Bertz CT molecular complexity index is 1250. The number of rotatable bonds is 6. The molecule has 2 unspecified atom stereocenters.